The molecule has 2 amide bonds. The van der Waals surface area contributed by atoms with Crippen molar-refractivity contribution in [2.45, 2.75) is 6.54 Å². The first kappa shape index (κ1) is 17.8. The number of sulfonamides is 1. The Balaban J connectivity index is 1.76. The van der Waals surface area contributed by atoms with E-state index in [1.54, 1.807) is 54.7 Å². The summed E-state index contributed by atoms with van der Waals surface area (Å²) in [7, 11) is -3.24. The van der Waals surface area contributed by atoms with Gasteiger partial charge in [-0.3, -0.25) is 14.9 Å². The van der Waals surface area contributed by atoms with Gasteiger partial charge < -0.3 is 5.32 Å². The van der Waals surface area contributed by atoms with E-state index in [1.165, 1.54) is 0 Å². The summed E-state index contributed by atoms with van der Waals surface area (Å²) < 4.78 is 24.6. The fourth-order valence-corrected chi connectivity index (χ4v) is 2.94. The van der Waals surface area contributed by atoms with Crippen LogP contribution in [0.4, 0.5) is 5.69 Å². The molecular formula is C18H17N3O4S. The third-order valence-corrected chi connectivity index (χ3v) is 4.48. The number of amides is 2. The number of nitrogens with one attached hydrogen (secondary N) is 3. The van der Waals surface area contributed by atoms with Crippen LogP contribution >= 0.6 is 0 Å². The summed E-state index contributed by atoms with van der Waals surface area (Å²) in [6, 6.07) is 14.0. The van der Waals surface area contributed by atoms with Gasteiger partial charge >= 0.3 is 0 Å². The maximum Gasteiger partial charge on any atom is 0.260 e. The molecule has 3 N–H and O–H groups in total. The lowest BCUT2D eigenvalue weighted by molar-refractivity contribution is -0.114. The van der Waals surface area contributed by atoms with E-state index in [-0.39, 0.29) is 6.54 Å². The van der Waals surface area contributed by atoms with E-state index >= 15 is 0 Å². The van der Waals surface area contributed by atoms with Crippen LogP contribution in [0.15, 0.2) is 54.7 Å². The zero-order valence-corrected chi connectivity index (χ0v) is 14.8. The number of rotatable bonds is 5. The fraction of sp³-hybridized carbons (Fsp3) is 0.111. The highest BCUT2D eigenvalue weighted by molar-refractivity contribution is 7.88. The standard InChI is InChI=1S/C18H17N3O4S/c1-26(24,25)20-10-12-6-8-13(9-7-12)19-11-16-14-4-2-3-5-15(14)17(22)21-18(16)23/h2-9,11,19-20H,10H2,1H3,(H,21,22,23). The van der Waals surface area contributed by atoms with Crippen molar-refractivity contribution in [1.29, 1.82) is 0 Å². The SMILES string of the molecule is CS(=O)(=O)NCc1ccc(NC=C2C(=O)NC(=O)c3ccccc32)cc1. The van der Waals surface area contributed by atoms with Crippen molar-refractivity contribution in [3.8, 4) is 0 Å². The molecule has 1 heterocycles. The zero-order valence-electron chi connectivity index (χ0n) is 13.9. The number of carbonyl (C=O) groups excluding carboxylic acids is 2. The van der Waals surface area contributed by atoms with Crippen molar-refractivity contribution < 1.29 is 18.0 Å². The summed E-state index contributed by atoms with van der Waals surface area (Å²) in [5.41, 5.74) is 2.91. The van der Waals surface area contributed by atoms with E-state index in [0.717, 1.165) is 17.5 Å². The second kappa shape index (κ2) is 7.11. The van der Waals surface area contributed by atoms with Crippen LogP contribution in [0.1, 0.15) is 21.5 Å². The molecule has 0 radical (unpaired) electrons. The highest BCUT2D eigenvalue weighted by atomic mass is 32.2. The van der Waals surface area contributed by atoms with E-state index in [1.807, 2.05) is 0 Å². The predicted octanol–water partition coefficient (Wildman–Crippen LogP) is 1.46. The molecule has 0 atom stereocenters. The third-order valence-electron chi connectivity index (χ3n) is 3.81. The van der Waals surface area contributed by atoms with Gasteiger partial charge in [-0.25, -0.2) is 13.1 Å². The van der Waals surface area contributed by atoms with Gasteiger partial charge in [-0.1, -0.05) is 30.3 Å². The average molecular weight is 371 g/mol. The van der Waals surface area contributed by atoms with E-state index in [4.69, 9.17) is 0 Å². The van der Waals surface area contributed by atoms with Gasteiger partial charge in [0, 0.05) is 29.6 Å². The summed E-state index contributed by atoms with van der Waals surface area (Å²) in [4.78, 5) is 24.0. The monoisotopic (exact) mass is 371 g/mol. The summed E-state index contributed by atoms with van der Waals surface area (Å²) >= 11 is 0. The lowest BCUT2D eigenvalue weighted by atomic mass is 9.96. The van der Waals surface area contributed by atoms with Crippen molar-refractivity contribution in [2.75, 3.05) is 11.6 Å². The highest BCUT2D eigenvalue weighted by Gasteiger charge is 2.26. The van der Waals surface area contributed by atoms with Crippen LogP contribution in [0.5, 0.6) is 0 Å². The van der Waals surface area contributed by atoms with E-state index in [0.29, 0.717) is 16.7 Å². The smallest absolute Gasteiger partial charge is 0.260 e. The van der Waals surface area contributed by atoms with Crippen molar-refractivity contribution in [2.24, 2.45) is 0 Å². The summed E-state index contributed by atoms with van der Waals surface area (Å²) in [6.45, 7) is 0.206. The number of hydrogen-bond donors (Lipinski definition) is 3. The molecule has 8 heteroatoms. The Labute approximate surface area is 151 Å². The van der Waals surface area contributed by atoms with E-state index < -0.39 is 21.8 Å². The van der Waals surface area contributed by atoms with E-state index in [2.05, 4.69) is 15.4 Å². The second-order valence-electron chi connectivity index (χ2n) is 5.82. The minimum Gasteiger partial charge on any atom is -0.361 e. The molecule has 2 aromatic rings. The molecular weight excluding hydrogens is 354 g/mol. The van der Waals surface area contributed by atoms with Crippen molar-refractivity contribution in [1.82, 2.24) is 10.0 Å². The minimum absolute atomic E-state index is 0.206. The molecule has 0 aromatic heterocycles. The Bertz CT molecular complexity index is 995. The molecule has 0 saturated carbocycles. The highest BCUT2D eigenvalue weighted by Crippen LogP contribution is 2.24. The van der Waals surface area contributed by atoms with Gasteiger partial charge in [0.1, 0.15) is 0 Å². The third kappa shape index (κ3) is 4.16. The number of fused-ring (bicyclic) bond motifs is 1. The number of benzene rings is 2. The second-order valence-corrected chi connectivity index (χ2v) is 7.65. The van der Waals surface area contributed by atoms with Gasteiger partial charge in [0.05, 0.1) is 11.8 Å². The summed E-state index contributed by atoms with van der Waals surface area (Å²) in [5.74, 6) is -0.874. The summed E-state index contributed by atoms with van der Waals surface area (Å²) in [6.07, 6.45) is 2.65. The van der Waals surface area contributed by atoms with Gasteiger partial charge in [-0.15, -0.1) is 0 Å². The molecule has 0 saturated heterocycles. The molecule has 0 aliphatic carbocycles. The quantitative estimate of drug-likeness (QED) is 0.545. The Kier molecular flexibility index (Phi) is 4.88. The van der Waals surface area contributed by atoms with Gasteiger partial charge in [0.15, 0.2) is 0 Å². The van der Waals surface area contributed by atoms with Gasteiger partial charge in [0.25, 0.3) is 11.8 Å². The predicted molar refractivity (Wildman–Crippen MR) is 98.6 cm³/mol. The van der Waals surface area contributed by atoms with Crippen LogP contribution in [0.3, 0.4) is 0 Å². The Morgan fingerprint density at radius 1 is 0.962 bits per heavy atom. The summed E-state index contributed by atoms with van der Waals surface area (Å²) in [5, 5.41) is 5.34. The first-order valence-electron chi connectivity index (χ1n) is 7.79. The maximum atomic E-state index is 12.1. The van der Waals surface area contributed by atoms with Crippen molar-refractivity contribution in [3.63, 3.8) is 0 Å². The van der Waals surface area contributed by atoms with Crippen molar-refractivity contribution >= 4 is 33.1 Å². The van der Waals surface area contributed by atoms with Gasteiger partial charge in [-0.2, -0.15) is 0 Å². The molecule has 0 bridgehead atoms. The molecule has 0 fully saturated rings. The lowest BCUT2D eigenvalue weighted by Crippen LogP contribution is -2.36. The first-order chi connectivity index (χ1) is 12.3. The van der Waals surface area contributed by atoms with Gasteiger partial charge in [-0.05, 0) is 23.8 Å². The van der Waals surface area contributed by atoms with Crippen LogP contribution in [-0.2, 0) is 21.4 Å². The van der Waals surface area contributed by atoms with E-state index in [9.17, 15) is 18.0 Å². The maximum absolute atomic E-state index is 12.1. The fourth-order valence-electron chi connectivity index (χ4n) is 2.51. The van der Waals surface area contributed by atoms with Crippen LogP contribution in [0.25, 0.3) is 5.57 Å². The Hall–Kier alpha value is -2.97. The average Bonchev–Trinajstić information content (AvgIpc) is 2.60. The molecule has 2 aromatic carbocycles. The van der Waals surface area contributed by atoms with Crippen LogP contribution < -0.4 is 15.4 Å². The molecule has 0 unspecified atom stereocenters. The number of anilines is 1. The largest absolute Gasteiger partial charge is 0.361 e. The first-order valence-corrected chi connectivity index (χ1v) is 9.68. The molecule has 26 heavy (non-hydrogen) atoms. The van der Waals surface area contributed by atoms with Crippen LogP contribution in [-0.4, -0.2) is 26.5 Å². The molecule has 134 valence electrons. The lowest BCUT2D eigenvalue weighted by Gasteiger charge is -2.18. The minimum atomic E-state index is -3.24. The zero-order chi connectivity index (χ0) is 18.7. The van der Waals surface area contributed by atoms with Gasteiger partial charge in [0.2, 0.25) is 10.0 Å². The molecule has 1 aliphatic heterocycles. The molecule has 1 aliphatic rings. The number of imide groups is 1. The molecule has 0 spiro atoms. The van der Waals surface area contributed by atoms with Crippen LogP contribution in [0, 0.1) is 0 Å². The van der Waals surface area contributed by atoms with Crippen LogP contribution in [0.2, 0.25) is 0 Å². The number of hydrogen-bond acceptors (Lipinski definition) is 5. The molecule has 7 nitrogen and oxygen atoms in total. The Morgan fingerprint density at radius 3 is 2.27 bits per heavy atom. The topological polar surface area (TPSA) is 104 Å². The normalized spacial score (nSPS) is 15.5. The Morgan fingerprint density at radius 2 is 1.62 bits per heavy atom. The van der Waals surface area contributed by atoms with Crippen molar-refractivity contribution in [3.05, 3.63) is 71.4 Å². The number of carbonyl (C=O) groups is 2. The molecule has 3 rings (SSSR count).